The van der Waals surface area contributed by atoms with Gasteiger partial charge in [-0.3, -0.25) is 4.79 Å². The number of rotatable bonds is 8. The van der Waals surface area contributed by atoms with E-state index in [0.717, 1.165) is 33.8 Å². The maximum absolute atomic E-state index is 12.9. The Bertz CT molecular complexity index is 857. The van der Waals surface area contributed by atoms with Gasteiger partial charge in [0.05, 0.1) is 13.2 Å². The topological polar surface area (TPSA) is 47.6 Å². The van der Waals surface area contributed by atoms with E-state index in [1.54, 1.807) is 7.11 Å². The first kappa shape index (κ1) is 22.8. The fraction of sp³-hybridized carbons (Fsp3) is 0.480. The van der Waals surface area contributed by atoms with Crippen molar-refractivity contribution in [2.24, 2.45) is 0 Å². The van der Waals surface area contributed by atoms with E-state index in [-0.39, 0.29) is 11.9 Å². The van der Waals surface area contributed by atoms with Crippen molar-refractivity contribution in [1.29, 1.82) is 0 Å². The largest absolute Gasteiger partial charge is 0.496 e. The number of amides is 1. The Labute approximate surface area is 175 Å². The fourth-order valence-electron chi connectivity index (χ4n) is 3.60. The summed E-state index contributed by atoms with van der Waals surface area (Å²) in [5, 5.41) is 3.14. The van der Waals surface area contributed by atoms with Crippen molar-refractivity contribution >= 4 is 5.91 Å². The third-order valence-corrected chi connectivity index (χ3v) is 5.33. The highest BCUT2D eigenvalue weighted by Gasteiger charge is 2.23. The molecule has 0 saturated heterocycles. The van der Waals surface area contributed by atoms with Gasteiger partial charge in [0.2, 0.25) is 0 Å². The Kier molecular flexibility index (Phi) is 7.72. The lowest BCUT2D eigenvalue weighted by atomic mass is 9.93. The summed E-state index contributed by atoms with van der Waals surface area (Å²) in [6.45, 7) is 14.4. The zero-order valence-corrected chi connectivity index (χ0v) is 19.1. The quantitative estimate of drug-likeness (QED) is 0.614. The summed E-state index contributed by atoms with van der Waals surface area (Å²) in [4.78, 5) is 12.9. The van der Waals surface area contributed by atoms with Crippen molar-refractivity contribution in [2.45, 2.75) is 73.0 Å². The molecule has 2 rings (SSSR count). The number of nitrogens with one attached hydrogen (secondary N) is 1. The predicted octanol–water partition coefficient (Wildman–Crippen LogP) is 5.78. The smallest absolute Gasteiger partial charge is 0.261 e. The molecule has 0 aromatic heterocycles. The van der Waals surface area contributed by atoms with E-state index in [1.165, 1.54) is 5.56 Å². The number of hydrogen-bond acceptors (Lipinski definition) is 3. The first-order chi connectivity index (χ1) is 13.7. The van der Waals surface area contributed by atoms with E-state index >= 15 is 0 Å². The lowest BCUT2D eigenvalue weighted by molar-refractivity contribution is -0.128. The molecule has 0 aliphatic rings. The van der Waals surface area contributed by atoms with Crippen LogP contribution >= 0.6 is 0 Å². The molecule has 0 unspecified atom stereocenters. The lowest BCUT2D eigenvalue weighted by Gasteiger charge is -2.24. The van der Waals surface area contributed by atoms with Crippen LogP contribution in [0.1, 0.15) is 73.9 Å². The molecular weight excluding hydrogens is 362 g/mol. The van der Waals surface area contributed by atoms with E-state index in [9.17, 15) is 4.79 Å². The van der Waals surface area contributed by atoms with Crippen LogP contribution in [0.25, 0.3) is 0 Å². The highest BCUT2D eigenvalue weighted by atomic mass is 16.5. The normalized spacial score (nSPS) is 13.1. The number of aryl methyl sites for hydroxylation is 3. The standard InChI is InChI=1S/C25H35NO3/c1-9-22(29-23-11-10-16(4)12-18(23)6)25(27)26-19(7)21-14-20(15(2)3)24(28-8)13-17(21)5/h10-15,19,22H,9H2,1-8H3,(H,26,27)/t19-,22+/m0/s1. The maximum atomic E-state index is 12.9. The van der Waals surface area contributed by atoms with Crippen molar-refractivity contribution in [3.05, 3.63) is 58.1 Å². The van der Waals surface area contributed by atoms with Gasteiger partial charge in [-0.25, -0.2) is 0 Å². The van der Waals surface area contributed by atoms with Crippen LogP contribution in [0, 0.1) is 20.8 Å². The van der Waals surface area contributed by atoms with Crippen LogP contribution in [-0.4, -0.2) is 19.1 Å². The molecule has 0 fully saturated rings. The summed E-state index contributed by atoms with van der Waals surface area (Å²) in [7, 11) is 1.70. The van der Waals surface area contributed by atoms with E-state index in [2.05, 4.69) is 37.4 Å². The van der Waals surface area contributed by atoms with Crippen molar-refractivity contribution in [3.63, 3.8) is 0 Å². The Morgan fingerprint density at radius 2 is 1.66 bits per heavy atom. The summed E-state index contributed by atoms with van der Waals surface area (Å²) < 4.78 is 11.6. The minimum absolute atomic E-state index is 0.0960. The van der Waals surface area contributed by atoms with Crippen LogP contribution in [0.2, 0.25) is 0 Å². The summed E-state index contributed by atoms with van der Waals surface area (Å²) in [6.07, 6.45) is 0.0759. The van der Waals surface area contributed by atoms with Gasteiger partial charge in [-0.2, -0.15) is 0 Å². The molecule has 0 saturated carbocycles. The van der Waals surface area contributed by atoms with E-state index in [4.69, 9.17) is 9.47 Å². The van der Waals surface area contributed by atoms with Gasteiger partial charge in [0, 0.05) is 0 Å². The SMILES string of the molecule is CC[C@@H](Oc1ccc(C)cc1C)C(=O)N[C@@H](C)c1cc(C(C)C)c(OC)cc1C. The number of hydrogen-bond donors (Lipinski definition) is 1. The fourth-order valence-corrected chi connectivity index (χ4v) is 3.60. The number of benzene rings is 2. The van der Waals surface area contributed by atoms with Crippen LogP contribution < -0.4 is 14.8 Å². The van der Waals surface area contributed by atoms with Crippen LogP contribution in [0.5, 0.6) is 11.5 Å². The zero-order chi connectivity index (χ0) is 21.7. The first-order valence-corrected chi connectivity index (χ1v) is 10.4. The van der Waals surface area contributed by atoms with Crippen molar-refractivity contribution in [3.8, 4) is 11.5 Å². The van der Waals surface area contributed by atoms with Crippen molar-refractivity contribution in [2.75, 3.05) is 7.11 Å². The predicted molar refractivity (Wildman–Crippen MR) is 119 cm³/mol. The van der Waals surface area contributed by atoms with Crippen molar-refractivity contribution in [1.82, 2.24) is 5.32 Å². The molecule has 0 heterocycles. The monoisotopic (exact) mass is 397 g/mol. The molecule has 4 nitrogen and oxygen atoms in total. The van der Waals surface area contributed by atoms with E-state index in [0.29, 0.717) is 12.3 Å². The van der Waals surface area contributed by atoms with Gasteiger partial charge in [-0.1, -0.05) is 38.5 Å². The Morgan fingerprint density at radius 1 is 0.966 bits per heavy atom. The summed E-state index contributed by atoms with van der Waals surface area (Å²) in [5.74, 6) is 1.89. The highest BCUT2D eigenvalue weighted by molar-refractivity contribution is 5.81. The van der Waals surface area contributed by atoms with Gasteiger partial charge in [0.25, 0.3) is 5.91 Å². The van der Waals surface area contributed by atoms with Gasteiger partial charge in [-0.15, -0.1) is 0 Å². The molecular formula is C25H35NO3. The average Bonchev–Trinajstić information content (AvgIpc) is 2.66. The lowest BCUT2D eigenvalue weighted by Crippen LogP contribution is -2.39. The summed E-state index contributed by atoms with van der Waals surface area (Å²) in [5.41, 5.74) is 5.56. The van der Waals surface area contributed by atoms with Gasteiger partial charge < -0.3 is 14.8 Å². The minimum atomic E-state index is -0.526. The molecule has 2 aromatic carbocycles. The Balaban J connectivity index is 2.19. The van der Waals surface area contributed by atoms with Gasteiger partial charge in [-0.05, 0) is 80.5 Å². The minimum Gasteiger partial charge on any atom is -0.496 e. The van der Waals surface area contributed by atoms with Crippen LogP contribution in [0.4, 0.5) is 0 Å². The number of carbonyl (C=O) groups is 1. The Morgan fingerprint density at radius 3 is 2.21 bits per heavy atom. The van der Waals surface area contributed by atoms with Gasteiger partial charge >= 0.3 is 0 Å². The molecule has 0 bridgehead atoms. The maximum Gasteiger partial charge on any atom is 0.261 e. The van der Waals surface area contributed by atoms with Gasteiger partial charge in [0.1, 0.15) is 11.5 Å². The molecule has 1 amide bonds. The second-order valence-corrected chi connectivity index (χ2v) is 8.12. The second-order valence-electron chi connectivity index (χ2n) is 8.12. The third-order valence-electron chi connectivity index (χ3n) is 5.33. The van der Waals surface area contributed by atoms with Gasteiger partial charge in [0.15, 0.2) is 6.10 Å². The van der Waals surface area contributed by atoms with E-state index < -0.39 is 6.10 Å². The van der Waals surface area contributed by atoms with Crippen LogP contribution in [0.15, 0.2) is 30.3 Å². The molecule has 158 valence electrons. The second kappa shape index (κ2) is 9.82. The molecule has 2 aromatic rings. The van der Waals surface area contributed by atoms with E-state index in [1.807, 2.05) is 46.8 Å². The first-order valence-electron chi connectivity index (χ1n) is 10.4. The van der Waals surface area contributed by atoms with Crippen LogP contribution in [0.3, 0.4) is 0 Å². The highest BCUT2D eigenvalue weighted by Crippen LogP contribution is 2.32. The zero-order valence-electron chi connectivity index (χ0n) is 19.1. The van der Waals surface area contributed by atoms with Crippen LogP contribution in [-0.2, 0) is 4.79 Å². The average molecular weight is 398 g/mol. The number of ether oxygens (including phenoxy) is 2. The Hall–Kier alpha value is -2.49. The summed E-state index contributed by atoms with van der Waals surface area (Å²) in [6, 6.07) is 10.1. The molecule has 4 heteroatoms. The molecule has 0 aliphatic heterocycles. The third kappa shape index (κ3) is 5.53. The molecule has 1 N–H and O–H groups in total. The van der Waals surface area contributed by atoms with Crippen molar-refractivity contribution < 1.29 is 14.3 Å². The molecule has 29 heavy (non-hydrogen) atoms. The number of carbonyl (C=O) groups excluding carboxylic acids is 1. The summed E-state index contributed by atoms with van der Waals surface area (Å²) >= 11 is 0. The molecule has 0 aliphatic carbocycles. The molecule has 0 spiro atoms. The molecule has 2 atom stereocenters. The molecule has 0 radical (unpaired) electrons. The number of methoxy groups -OCH3 is 1.